The fraction of sp³-hybridized carbons (Fsp3) is 0.250. The number of carbonyl (C=O) groups is 2. The molecule has 6 nitrogen and oxygen atoms in total. The van der Waals surface area contributed by atoms with E-state index in [9.17, 15) is 9.59 Å². The van der Waals surface area contributed by atoms with Crippen LogP contribution in [0.3, 0.4) is 0 Å². The minimum Gasteiger partial charge on any atom is -0.452 e. The number of carbonyl (C=O) groups excluding carboxylic acids is 2. The Labute approximate surface area is 174 Å². The van der Waals surface area contributed by atoms with Crippen LogP contribution in [0.4, 0.5) is 5.69 Å². The van der Waals surface area contributed by atoms with E-state index in [1.165, 1.54) is 0 Å². The van der Waals surface area contributed by atoms with Crippen molar-refractivity contribution in [3.8, 4) is 6.07 Å². The van der Waals surface area contributed by atoms with Crippen molar-refractivity contribution in [2.45, 2.75) is 26.2 Å². The Bertz CT molecular complexity index is 1160. The standard InChI is InChI=1S/C24H21N3O3/c1-15-6-11-21-19(12-15)23(18-4-2-3-5-20(18)27-21)24(29)30-14-22(28)26-17-9-7-16(13-25)8-10-17/h2-5,7-10,15H,6,11-12,14H2,1H3,(H,26,28)/t15-/m1/s1. The molecule has 0 radical (unpaired) electrons. The van der Waals surface area contributed by atoms with Crippen molar-refractivity contribution in [1.82, 2.24) is 4.98 Å². The third kappa shape index (κ3) is 4.01. The van der Waals surface area contributed by atoms with Gasteiger partial charge in [-0.05, 0) is 61.1 Å². The minimum absolute atomic E-state index is 0.389. The minimum atomic E-state index is -0.506. The van der Waals surface area contributed by atoms with Gasteiger partial charge >= 0.3 is 5.97 Å². The molecule has 1 amide bonds. The van der Waals surface area contributed by atoms with Crippen molar-refractivity contribution >= 4 is 28.5 Å². The average molecular weight is 399 g/mol. The molecule has 1 aliphatic carbocycles. The van der Waals surface area contributed by atoms with Crippen molar-refractivity contribution in [2.24, 2.45) is 5.92 Å². The van der Waals surface area contributed by atoms with Crippen LogP contribution in [0.2, 0.25) is 0 Å². The number of nitrogens with one attached hydrogen (secondary N) is 1. The van der Waals surface area contributed by atoms with Crippen molar-refractivity contribution in [2.75, 3.05) is 11.9 Å². The molecule has 1 atom stereocenters. The maximum Gasteiger partial charge on any atom is 0.339 e. The summed E-state index contributed by atoms with van der Waals surface area (Å²) in [7, 11) is 0. The third-order valence-electron chi connectivity index (χ3n) is 5.34. The lowest BCUT2D eigenvalue weighted by molar-refractivity contribution is -0.119. The van der Waals surface area contributed by atoms with Crippen LogP contribution in [0.5, 0.6) is 0 Å². The Balaban J connectivity index is 1.53. The van der Waals surface area contributed by atoms with Crippen LogP contribution in [0.15, 0.2) is 48.5 Å². The first-order valence-electron chi connectivity index (χ1n) is 9.93. The van der Waals surface area contributed by atoms with E-state index in [1.54, 1.807) is 24.3 Å². The molecule has 0 aliphatic heterocycles. The van der Waals surface area contributed by atoms with Crippen LogP contribution >= 0.6 is 0 Å². The van der Waals surface area contributed by atoms with E-state index in [1.807, 2.05) is 30.3 Å². The monoisotopic (exact) mass is 399 g/mol. The fourth-order valence-electron chi connectivity index (χ4n) is 3.82. The molecule has 1 aliphatic rings. The van der Waals surface area contributed by atoms with E-state index < -0.39 is 11.9 Å². The Hall–Kier alpha value is -3.72. The van der Waals surface area contributed by atoms with E-state index in [4.69, 9.17) is 15.0 Å². The maximum atomic E-state index is 13.0. The quantitative estimate of drug-likeness (QED) is 0.669. The summed E-state index contributed by atoms with van der Waals surface area (Å²) >= 11 is 0. The lowest BCUT2D eigenvalue weighted by Crippen LogP contribution is -2.23. The predicted molar refractivity (Wildman–Crippen MR) is 113 cm³/mol. The van der Waals surface area contributed by atoms with Gasteiger partial charge in [0, 0.05) is 16.8 Å². The Morgan fingerprint density at radius 3 is 2.73 bits per heavy atom. The van der Waals surface area contributed by atoms with Crippen LogP contribution in [0, 0.1) is 17.2 Å². The molecule has 2 aromatic carbocycles. The second kappa shape index (κ2) is 8.34. The third-order valence-corrected chi connectivity index (χ3v) is 5.34. The van der Waals surface area contributed by atoms with E-state index in [0.29, 0.717) is 22.7 Å². The van der Waals surface area contributed by atoms with Gasteiger partial charge in [-0.15, -0.1) is 0 Å². The van der Waals surface area contributed by atoms with E-state index in [-0.39, 0.29) is 6.61 Å². The van der Waals surface area contributed by atoms with Crippen LogP contribution in [-0.4, -0.2) is 23.5 Å². The smallest absolute Gasteiger partial charge is 0.339 e. The number of fused-ring (bicyclic) bond motifs is 2. The number of hydrogen-bond acceptors (Lipinski definition) is 5. The van der Waals surface area contributed by atoms with Crippen molar-refractivity contribution in [3.63, 3.8) is 0 Å². The van der Waals surface area contributed by atoms with Gasteiger partial charge in [-0.1, -0.05) is 25.1 Å². The summed E-state index contributed by atoms with van der Waals surface area (Å²) in [4.78, 5) is 30.0. The van der Waals surface area contributed by atoms with Gasteiger partial charge < -0.3 is 10.1 Å². The molecular weight excluding hydrogens is 378 g/mol. The molecule has 0 saturated heterocycles. The van der Waals surface area contributed by atoms with E-state index in [2.05, 4.69) is 12.2 Å². The molecule has 1 aromatic heterocycles. The molecule has 4 rings (SSSR count). The number of aryl methyl sites for hydroxylation is 1. The highest BCUT2D eigenvalue weighted by molar-refractivity contribution is 6.06. The van der Waals surface area contributed by atoms with Gasteiger partial charge in [0.2, 0.25) is 0 Å². The molecule has 6 heteroatoms. The van der Waals surface area contributed by atoms with Crippen molar-refractivity contribution in [1.29, 1.82) is 5.26 Å². The van der Waals surface area contributed by atoms with Gasteiger partial charge in [0.1, 0.15) is 0 Å². The summed E-state index contributed by atoms with van der Waals surface area (Å²) in [6, 6.07) is 16.0. The largest absolute Gasteiger partial charge is 0.452 e. The highest BCUT2D eigenvalue weighted by atomic mass is 16.5. The van der Waals surface area contributed by atoms with Crippen molar-refractivity contribution in [3.05, 3.63) is 70.9 Å². The Morgan fingerprint density at radius 2 is 1.97 bits per heavy atom. The van der Waals surface area contributed by atoms with E-state index >= 15 is 0 Å². The fourth-order valence-corrected chi connectivity index (χ4v) is 3.82. The van der Waals surface area contributed by atoms with Gasteiger partial charge in [-0.2, -0.15) is 5.26 Å². The van der Waals surface area contributed by atoms with E-state index in [0.717, 1.165) is 41.4 Å². The molecule has 0 spiro atoms. The molecule has 3 aromatic rings. The number of pyridine rings is 1. The lowest BCUT2D eigenvalue weighted by atomic mass is 9.84. The molecule has 1 heterocycles. The maximum absolute atomic E-state index is 13.0. The number of nitriles is 1. The Morgan fingerprint density at radius 1 is 1.20 bits per heavy atom. The van der Waals surface area contributed by atoms with Gasteiger partial charge in [0.25, 0.3) is 5.91 Å². The van der Waals surface area contributed by atoms with Gasteiger partial charge in [0.05, 0.1) is 22.7 Å². The SMILES string of the molecule is C[C@@H]1CCc2nc3ccccc3c(C(=O)OCC(=O)Nc3ccc(C#N)cc3)c2C1. The zero-order valence-corrected chi connectivity index (χ0v) is 16.6. The number of hydrogen-bond donors (Lipinski definition) is 1. The number of benzene rings is 2. The number of ether oxygens (including phenoxy) is 1. The number of para-hydroxylation sites is 1. The summed E-state index contributed by atoms with van der Waals surface area (Å²) in [5.41, 5.74) is 4.21. The number of amides is 1. The molecule has 1 N–H and O–H groups in total. The zero-order chi connectivity index (χ0) is 21.1. The highest BCUT2D eigenvalue weighted by Gasteiger charge is 2.26. The summed E-state index contributed by atoms with van der Waals surface area (Å²) in [6.45, 7) is 1.78. The number of rotatable bonds is 4. The first kappa shape index (κ1) is 19.6. The molecule has 150 valence electrons. The molecular formula is C24H21N3O3. The van der Waals surface area contributed by atoms with Crippen LogP contribution in [-0.2, 0) is 22.4 Å². The van der Waals surface area contributed by atoms with Gasteiger partial charge in [-0.25, -0.2) is 4.79 Å². The van der Waals surface area contributed by atoms with Gasteiger partial charge in [0.15, 0.2) is 6.61 Å². The second-order valence-corrected chi connectivity index (χ2v) is 7.59. The number of aromatic nitrogens is 1. The molecule has 30 heavy (non-hydrogen) atoms. The predicted octanol–water partition coefficient (Wildman–Crippen LogP) is 4.03. The molecule has 0 unspecified atom stereocenters. The summed E-state index contributed by atoms with van der Waals surface area (Å²) < 4.78 is 5.39. The lowest BCUT2D eigenvalue weighted by Gasteiger charge is -2.24. The topological polar surface area (TPSA) is 92.1 Å². The molecule has 0 bridgehead atoms. The highest BCUT2D eigenvalue weighted by Crippen LogP contribution is 2.32. The van der Waals surface area contributed by atoms with Crippen LogP contribution in [0.1, 0.15) is 40.5 Å². The first-order chi connectivity index (χ1) is 14.5. The second-order valence-electron chi connectivity index (χ2n) is 7.59. The summed E-state index contributed by atoms with van der Waals surface area (Å²) in [6.07, 6.45) is 2.65. The number of nitrogens with zero attached hydrogens (tertiary/aromatic N) is 2. The molecule has 0 fully saturated rings. The number of anilines is 1. The van der Waals surface area contributed by atoms with Crippen molar-refractivity contribution < 1.29 is 14.3 Å². The van der Waals surface area contributed by atoms with Gasteiger partial charge in [-0.3, -0.25) is 9.78 Å². The zero-order valence-electron chi connectivity index (χ0n) is 16.6. The first-order valence-corrected chi connectivity index (χ1v) is 9.93. The van der Waals surface area contributed by atoms with Crippen LogP contribution < -0.4 is 5.32 Å². The summed E-state index contributed by atoms with van der Waals surface area (Å²) in [5.74, 6) is -0.478. The van der Waals surface area contributed by atoms with Crippen LogP contribution in [0.25, 0.3) is 10.9 Å². The number of esters is 1. The Kier molecular flexibility index (Phi) is 5.44. The molecule has 0 saturated carbocycles. The average Bonchev–Trinajstić information content (AvgIpc) is 2.76. The summed E-state index contributed by atoms with van der Waals surface area (Å²) in [5, 5.41) is 12.3. The normalized spacial score (nSPS) is 15.1.